The van der Waals surface area contributed by atoms with Crippen molar-refractivity contribution in [2.45, 2.75) is 31.8 Å². The van der Waals surface area contributed by atoms with Gasteiger partial charge in [0.15, 0.2) is 0 Å². The molecule has 1 amide bonds. The monoisotopic (exact) mass is 338 g/mol. The van der Waals surface area contributed by atoms with Gasteiger partial charge in [0.25, 0.3) is 0 Å². The molecule has 1 aromatic carbocycles. The normalized spacial score (nSPS) is 26.0. The van der Waals surface area contributed by atoms with E-state index in [0.717, 1.165) is 29.4 Å². The third-order valence-electron chi connectivity index (χ3n) is 5.70. The minimum Gasteiger partial charge on any atom is -0.368 e. The van der Waals surface area contributed by atoms with E-state index in [4.69, 9.17) is 11.5 Å². The number of carbonyl (C=O) groups excluding carboxylic acids is 1. The van der Waals surface area contributed by atoms with Gasteiger partial charge in [0, 0.05) is 6.54 Å². The summed E-state index contributed by atoms with van der Waals surface area (Å²) in [5.41, 5.74) is 14.1. The van der Waals surface area contributed by atoms with Gasteiger partial charge >= 0.3 is 5.69 Å². The van der Waals surface area contributed by atoms with Gasteiger partial charge < -0.3 is 16.5 Å². The fraction of sp³-hybridized carbons (Fsp3) is 0.368. The molecule has 0 saturated heterocycles. The first-order chi connectivity index (χ1) is 12.0. The molecular weight excluding hydrogens is 316 g/mol. The van der Waals surface area contributed by atoms with Crippen LogP contribution in [0.5, 0.6) is 0 Å². The summed E-state index contributed by atoms with van der Waals surface area (Å²) in [7, 11) is 0. The number of aromatic amines is 1. The van der Waals surface area contributed by atoms with Crippen molar-refractivity contribution < 1.29 is 4.79 Å². The van der Waals surface area contributed by atoms with E-state index in [9.17, 15) is 9.59 Å². The second-order valence-corrected chi connectivity index (χ2v) is 7.19. The average Bonchev–Trinajstić information content (AvgIpc) is 2.93. The maximum absolute atomic E-state index is 12.4. The Bertz CT molecular complexity index is 952. The molecule has 2 unspecified atom stereocenters. The number of primary amides is 1. The molecular formula is C19H22N4O2. The number of amides is 1. The Hall–Kier alpha value is -2.60. The van der Waals surface area contributed by atoms with Crippen LogP contribution in [0.4, 0.5) is 0 Å². The van der Waals surface area contributed by atoms with Crippen LogP contribution in [-0.2, 0) is 17.8 Å². The Kier molecular flexibility index (Phi) is 3.65. The second kappa shape index (κ2) is 5.74. The van der Waals surface area contributed by atoms with Crippen molar-refractivity contribution in [3.8, 4) is 0 Å². The summed E-state index contributed by atoms with van der Waals surface area (Å²) >= 11 is 0. The molecule has 2 heterocycles. The lowest BCUT2D eigenvalue weighted by Crippen LogP contribution is -2.46. The highest BCUT2D eigenvalue weighted by Gasteiger charge is 2.41. The molecule has 3 atom stereocenters. The molecule has 1 aliphatic heterocycles. The Balaban J connectivity index is 1.76. The van der Waals surface area contributed by atoms with Crippen LogP contribution < -0.4 is 17.2 Å². The first-order valence-electron chi connectivity index (χ1n) is 8.60. The van der Waals surface area contributed by atoms with E-state index in [-0.39, 0.29) is 17.0 Å². The lowest BCUT2D eigenvalue weighted by atomic mass is 9.64. The first kappa shape index (κ1) is 15.9. The van der Waals surface area contributed by atoms with E-state index < -0.39 is 11.9 Å². The Morgan fingerprint density at radius 1 is 1.40 bits per heavy atom. The van der Waals surface area contributed by atoms with E-state index in [1.165, 1.54) is 0 Å². The quantitative estimate of drug-likeness (QED) is 0.780. The molecule has 4 rings (SSSR count). The lowest BCUT2D eigenvalue weighted by Gasteiger charge is -2.42. The van der Waals surface area contributed by atoms with Crippen LogP contribution in [0.25, 0.3) is 11.0 Å². The van der Waals surface area contributed by atoms with E-state index in [0.29, 0.717) is 13.0 Å². The number of rotatable bonds is 4. The lowest BCUT2D eigenvalue weighted by molar-refractivity contribution is -0.120. The summed E-state index contributed by atoms with van der Waals surface area (Å²) in [6.45, 7) is 0.611. The number of allylic oxidation sites excluding steroid dienone is 4. The van der Waals surface area contributed by atoms with E-state index in [2.05, 4.69) is 23.2 Å². The van der Waals surface area contributed by atoms with Gasteiger partial charge in [-0.05, 0) is 42.2 Å². The van der Waals surface area contributed by atoms with Crippen molar-refractivity contribution >= 4 is 16.9 Å². The van der Waals surface area contributed by atoms with Gasteiger partial charge in [0.1, 0.15) is 0 Å². The summed E-state index contributed by atoms with van der Waals surface area (Å²) in [6, 6.07) is 5.27. The zero-order chi connectivity index (χ0) is 17.6. The standard InChI is InChI=1S/C19H22N4O2/c20-14(17(21)24)10-19(7-2-1-3-8-19)13-9-12-5-4-6-15-16(12)23(11-13)18(25)22-15/h1-7,13-14H,8-11,20H2,(H2,21,24)(H,22,25)/t13?,14-,19?/m0/s1. The number of nitrogens with one attached hydrogen (secondary N) is 1. The van der Waals surface area contributed by atoms with Gasteiger partial charge in [0.2, 0.25) is 5.91 Å². The van der Waals surface area contributed by atoms with E-state index in [1.807, 2.05) is 28.9 Å². The molecule has 2 aromatic rings. The van der Waals surface area contributed by atoms with Crippen molar-refractivity contribution in [1.82, 2.24) is 9.55 Å². The van der Waals surface area contributed by atoms with Crippen molar-refractivity contribution in [1.29, 1.82) is 0 Å². The number of benzene rings is 1. The number of imidazole rings is 1. The molecule has 25 heavy (non-hydrogen) atoms. The Labute approximate surface area is 145 Å². The third kappa shape index (κ3) is 2.53. The minimum absolute atomic E-state index is 0.0863. The van der Waals surface area contributed by atoms with Crippen LogP contribution in [0.15, 0.2) is 47.3 Å². The van der Waals surface area contributed by atoms with Gasteiger partial charge in [0.05, 0.1) is 17.1 Å². The third-order valence-corrected chi connectivity index (χ3v) is 5.70. The predicted molar refractivity (Wildman–Crippen MR) is 96.9 cm³/mol. The maximum Gasteiger partial charge on any atom is 0.326 e. The summed E-state index contributed by atoms with van der Waals surface area (Å²) in [4.78, 5) is 26.9. The van der Waals surface area contributed by atoms with Crippen LogP contribution in [0.2, 0.25) is 0 Å². The molecule has 5 N–H and O–H groups in total. The van der Waals surface area contributed by atoms with Gasteiger partial charge in [-0.25, -0.2) is 4.79 Å². The molecule has 1 aromatic heterocycles. The van der Waals surface area contributed by atoms with Crippen LogP contribution in [-0.4, -0.2) is 21.5 Å². The molecule has 0 fully saturated rings. The van der Waals surface area contributed by atoms with Gasteiger partial charge in [-0.2, -0.15) is 0 Å². The number of hydrogen-bond acceptors (Lipinski definition) is 3. The summed E-state index contributed by atoms with van der Waals surface area (Å²) in [6.07, 6.45) is 10.4. The Morgan fingerprint density at radius 2 is 2.24 bits per heavy atom. The van der Waals surface area contributed by atoms with Gasteiger partial charge in [-0.3, -0.25) is 9.36 Å². The topological polar surface area (TPSA) is 107 Å². The molecule has 6 heteroatoms. The Morgan fingerprint density at radius 3 is 2.96 bits per heavy atom. The summed E-state index contributed by atoms with van der Waals surface area (Å²) in [5, 5.41) is 0. The van der Waals surface area contributed by atoms with Crippen molar-refractivity contribution in [2.75, 3.05) is 0 Å². The number of aromatic nitrogens is 2. The van der Waals surface area contributed by atoms with Gasteiger partial charge in [-0.15, -0.1) is 0 Å². The largest absolute Gasteiger partial charge is 0.368 e. The molecule has 0 bridgehead atoms. The molecule has 0 spiro atoms. The molecule has 0 saturated carbocycles. The van der Waals surface area contributed by atoms with Crippen molar-refractivity contribution in [3.05, 3.63) is 58.6 Å². The molecule has 2 aliphatic rings. The molecule has 6 nitrogen and oxygen atoms in total. The van der Waals surface area contributed by atoms with Gasteiger partial charge in [-0.1, -0.05) is 36.4 Å². The number of hydrogen-bond donors (Lipinski definition) is 3. The number of para-hydroxylation sites is 1. The van der Waals surface area contributed by atoms with Crippen LogP contribution >= 0.6 is 0 Å². The molecule has 1 aliphatic carbocycles. The smallest absolute Gasteiger partial charge is 0.326 e. The highest BCUT2D eigenvalue weighted by Crippen LogP contribution is 2.45. The first-order valence-corrected chi connectivity index (χ1v) is 8.60. The number of carbonyl (C=O) groups is 1. The summed E-state index contributed by atoms with van der Waals surface area (Å²) < 4.78 is 1.82. The minimum atomic E-state index is -0.698. The van der Waals surface area contributed by atoms with Crippen molar-refractivity contribution in [3.63, 3.8) is 0 Å². The predicted octanol–water partition coefficient (Wildman–Crippen LogP) is 1.21. The highest BCUT2D eigenvalue weighted by atomic mass is 16.1. The molecule has 130 valence electrons. The molecule has 0 radical (unpaired) electrons. The SMILES string of the molecule is NC(=O)[C@@H](N)CC1(C2Cc3cccc4[nH]c(=O)n(c34)C2)C=CC=CC1. The highest BCUT2D eigenvalue weighted by molar-refractivity contribution is 5.80. The van der Waals surface area contributed by atoms with Crippen LogP contribution in [0.3, 0.4) is 0 Å². The number of H-pyrrole nitrogens is 1. The average molecular weight is 338 g/mol. The second-order valence-electron chi connectivity index (χ2n) is 7.19. The van der Waals surface area contributed by atoms with Crippen molar-refractivity contribution in [2.24, 2.45) is 22.8 Å². The van der Waals surface area contributed by atoms with E-state index in [1.54, 1.807) is 0 Å². The fourth-order valence-electron chi connectivity index (χ4n) is 4.38. The maximum atomic E-state index is 12.4. The zero-order valence-electron chi connectivity index (χ0n) is 13.9. The van der Waals surface area contributed by atoms with E-state index >= 15 is 0 Å². The number of nitrogens with zero attached hydrogens (tertiary/aromatic N) is 1. The fourth-order valence-corrected chi connectivity index (χ4v) is 4.38. The zero-order valence-corrected chi connectivity index (χ0v) is 13.9. The van der Waals surface area contributed by atoms with Crippen LogP contribution in [0.1, 0.15) is 18.4 Å². The summed E-state index contributed by atoms with van der Waals surface area (Å²) in [5.74, 6) is -0.314. The van der Waals surface area contributed by atoms with Crippen LogP contribution in [0, 0.1) is 11.3 Å². The number of nitrogens with two attached hydrogens (primary N) is 2.